The summed E-state index contributed by atoms with van der Waals surface area (Å²) in [7, 11) is 0. The maximum Gasteiger partial charge on any atom is 0.323 e. The molecule has 1 heterocycles. The van der Waals surface area contributed by atoms with Crippen molar-refractivity contribution in [2.45, 2.75) is 18.9 Å². The predicted octanol–water partition coefficient (Wildman–Crippen LogP) is 1.39. The maximum atomic E-state index is 12.6. The Hall–Kier alpha value is -4.10. The van der Waals surface area contributed by atoms with E-state index in [2.05, 4.69) is 0 Å². The number of hydrogen-bond acceptors (Lipinski definition) is 6. The van der Waals surface area contributed by atoms with Gasteiger partial charge in [0.25, 0.3) is 5.91 Å². The molecular formula is C22H25N5O5. The average Bonchev–Trinajstić information content (AvgIpc) is 2.78. The zero-order chi connectivity index (χ0) is 23.7. The molecule has 0 spiro atoms. The molecule has 0 bridgehead atoms. The number of nitriles is 1. The van der Waals surface area contributed by atoms with E-state index in [1.807, 2.05) is 6.07 Å². The lowest BCUT2D eigenvalue weighted by Crippen LogP contribution is -2.42. The van der Waals surface area contributed by atoms with Crippen LogP contribution in [0.3, 0.4) is 0 Å². The van der Waals surface area contributed by atoms with E-state index in [-0.39, 0.29) is 28.9 Å². The number of aliphatic carboxylic acids is 1. The smallest absolute Gasteiger partial charge is 0.323 e. The summed E-state index contributed by atoms with van der Waals surface area (Å²) < 4.78 is 0. The summed E-state index contributed by atoms with van der Waals surface area (Å²) >= 11 is 0. The molecule has 6 N–H and O–H groups in total. The van der Waals surface area contributed by atoms with Gasteiger partial charge in [-0.05, 0) is 43.2 Å². The quantitative estimate of drug-likeness (QED) is 0.521. The second-order valence-corrected chi connectivity index (χ2v) is 7.09. The van der Waals surface area contributed by atoms with E-state index in [4.69, 9.17) is 26.9 Å². The second kappa shape index (κ2) is 11.3. The minimum absolute atomic E-state index is 0.101. The van der Waals surface area contributed by atoms with Crippen molar-refractivity contribution < 1.29 is 24.6 Å². The first kappa shape index (κ1) is 24.2. The number of primary amides is 1. The molecule has 2 aromatic rings. The number of likely N-dealkylation sites (tertiary alicyclic amines) is 1. The number of aliphatic hydroxyl groups is 1. The SMILES string of the molecule is N#Cc1ccc(N)c(C(=O)N(CC(=O)O)c2ccccc2)c1.NC(=O)N1CCC(O)CC1. The summed E-state index contributed by atoms with van der Waals surface area (Å²) in [4.78, 5) is 36.9. The van der Waals surface area contributed by atoms with Crippen LogP contribution in [0.25, 0.3) is 0 Å². The van der Waals surface area contributed by atoms with Gasteiger partial charge in [-0.15, -0.1) is 0 Å². The van der Waals surface area contributed by atoms with Gasteiger partial charge in [0.05, 0.1) is 23.3 Å². The van der Waals surface area contributed by atoms with Gasteiger partial charge in [0.1, 0.15) is 6.54 Å². The van der Waals surface area contributed by atoms with E-state index >= 15 is 0 Å². The number of benzene rings is 2. The minimum Gasteiger partial charge on any atom is -0.480 e. The summed E-state index contributed by atoms with van der Waals surface area (Å²) in [5, 5.41) is 27.0. The molecule has 10 heteroatoms. The van der Waals surface area contributed by atoms with Gasteiger partial charge in [-0.1, -0.05) is 18.2 Å². The monoisotopic (exact) mass is 439 g/mol. The van der Waals surface area contributed by atoms with Crippen LogP contribution in [0.5, 0.6) is 0 Å². The first-order valence-corrected chi connectivity index (χ1v) is 9.83. The molecule has 0 atom stereocenters. The normalized spacial score (nSPS) is 13.3. The lowest BCUT2D eigenvalue weighted by Gasteiger charge is -2.27. The number of para-hydroxylation sites is 1. The lowest BCUT2D eigenvalue weighted by molar-refractivity contribution is -0.135. The van der Waals surface area contributed by atoms with Crippen molar-refractivity contribution in [2.24, 2.45) is 5.73 Å². The van der Waals surface area contributed by atoms with E-state index < -0.39 is 18.4 Å². The van der Waals surface area contributed by atoms with Crippen molar-refractivity contribution in [2.75, 3.05) is 30.3 Å². The van der Waals surface area contributed by atoms with Gasteiger partial charge in [-0.25, -0.2) is 4.79 Å². The van der Waals surface area contributed by atoms with Crippen molar-refractivity contribution in [3.05, 3.63) is 59.7 Å². The molecule has 2 aromatic carbocycles. The highest BCUT2D eigenvalue weighted by molar-refractivity contribution is 6.11. The van der Waals surface area contributed by atoms with Crippen molar-refractivity contribution in [1.82, 2.24) is 4.90 Å². The number of aliphatic hydroxyl groups excluding tert-OH is 1. The van der Waals surface area contributed by atoms with Crippen molar-refractivity contribution in [3.63, 3.8) is 0 Å². The summed E-state index contributed by atoms with van der Waals surface area (Å²) in [5.74, 6) is -1.71. The number of carbonyl (C=O) groups is 3. The van der Waals surface area contributed by atoms with Crippen molar-refractivity contribution in [3.8, 4) is 6.07 Å². The first-order valence-electron chi connectivity index (χ1n) is 9.83. The number of nitrogen functional groups attached to an aromatic ring is 1. The number of hydrogen-bond donors (Lipinski definition) is 4. The van der Waals surface area contributed by atoms with Crippen LogP contribution in [-0.2, 0) is 4.79 Å². The Balaban J connectivity index is 0.000000303. The highest BCUT2D eigenvalue weighted by Crippen LogP contribution is 2.21. The van der Waals surface area contributed by atoms with E-state index in [9.17, 15) is 14.4 Å². The molecule has 0 radical (unpaired) electrons. The van der Waals surface area contributed by atoms with Gasteiger partial charge in [-0.2, -0.15) is 5.26 Å². The van der Waals surface area contributed by atoms with Gasteiger partial charge < -0.3 is 26.6 Å². The Labute approximate surface area is 185 Å². The molecule has 3 rings (SSSR count). The third-order valence-electron chi connectivity index (χ3n) is 4.80. The first-order chi connectivity index (χ1) is 15.2. The molecule has 1 saturated heterocycles. The third kappa shape index (κ3) is 6.72. The zero-order valence-electron chi connectivity index (χ0n) is 17.3. The number of carbonyl (C=O) groups excluding carboxylic acids is 2. The second-order valence-electron chi connectivity index (χ2n) is 7.09. The molecule has 1 fully saturated rings. The summed E-state index contributed by atoms with van der Waals surface area (Å²) in [6, 6.07) is 14.3. The fourth-order valence-corrected chi connectivity index (χ4v) is 3.07. The molecule has 32 heavy (non-hydrogen) atoms. The number of urea groups is 1. The van der Waals surface area contributed by atoms with E-state index in [0.717, 1.165) is 4.90 Å². The van der Waals surface area contributed by atoms with E-state index in [0.29, 0.717) is 31.6 Å². The predicted molar refractivity (Wildman–Crippen MR) is 118 cm³/mol. The van der Waals surface area contributed by atoms with E-state index in [1.54, 1.807) is 35.2 Å². The fraction of sp³-hybridized carbons (Fsp3) is 0.273. The van der Waals surface area contributed by atoms with Crippen LogP contribution < -0.4 is 16.4 Å². The Morgan fingerprint density at radius 2 is 1.75 bits per heavy atom. The molecule has 0 unspecified atom stereocenters. The molecular weight excluding hydrogens is 414 g/mol. The molecule has 0 saturated carbocycles. The molecule has 1 aliphatic heterocycles. The van der Waals surface area contributed by atoms with Crippen LogP contribution in [0.2, 0.25) is 0 Å². The number of nitrogens with two attached hydrogens (primary N) is 2. The lowest BCUT2D eigenvalue weighted by atomic mass is 10.1. The topological polar surface area (TPSA) is 174 Å². The highest BCUT2D eigenvalue weighted by atomic mass is 16.4. The maximum absolute atomic E-state index is 12.6. The number of carboxylic acid groups (broad SMARTS) is 1. The number of carboxylic acids is 1. The fourth-order valence-electron chi connectivity index (χ4n) is 3.07. The van der Waals surface area contributed by atoms with E-state index in [1.165, 1.54) is 18.2 Å². The van der Waals surface area contributed by atoms with Gasteiger partial charge >= 0.3 is 12.0 Å². The summed E-state index contributed by atoms with van der Waals surface area (Å²) in [5.41, 5.74) is 11.8. The van der Waals surface area contributed by atoms with Crippen molar-refractivity contribution in [1.29, 1.82) is 5.26 Å². The number of amides is 3. The van der Waals surface area contributed by atoms with Crippen LogP contribution in [0.4, 0.5) is 16.2 Å². The van der Waals surface area contributed by atoms with Gasteiger partial charge in [0.15, 0.2) is 0 Å². The number of nitrogens with zero attached hydrogens (tertiary/aromatic N) is 3. The van der Waals surface area contributed by atoms with Crippen LogP contribution in [0.1, 0.15) is 28.8 Å². The number of piperidine rings is 1. The Kier molecular flexibility index (Phi) is 8.56. The van der Waals surface area contributed by atoms with Gasteiger partial charge in [0, 0.05) is 24.5 Å². The van der Waals surface area contributed by atoms with Crippen molar-refractivity contribution >= 4 is 29.3 Å². The highest BCUT2D eigenvalue weighted by Gasteiger charge is 2.22. The van der Waals surface area contributed by atoms with Gasteiger partial charge in [-0.3, -0.25) is 14.5 Å². The standard InChI is InChI=1S/C16H13N3O3.C6H12N2O2/c17-9-11-6-7-14(18)13(8-11)16(22)19(10-15(20)21)12-4-2-1-3-5-12;7-6(10)8-3-1-5(9)2-4-8/h1-8H,10,18H2,(H,20,21);5,9H,1-4H2,(H2,7,10). The van der Waals surface area contributed by atoms with Crippen LogP contribution >= 0.6 is 0 Å². The molecule has 0 aromatic heterocycles. The Bertz CT molecular complexity index is 998. The number of rotatable bonds is 4. The van der Waals surface area contributed by atoms with Crippen LogP contribution in [0.15, 0.2) is 48.5 Å². The molecule has 168 valence electrons. The van der Waals surface area contributed by atoms with Gasteiger partial charge in [0.2, 0.25) is 0 Å². The Morgan fingerprint density at radius 3 is 2.28 bits per heavy atom. The van der Waals surface area contributed by atoms with Crippen LogP contribution in [0, 0.1) is 11.3 Å². The number of anilines is 2. The summed E-state index contributed by atoms with van der Waals surface area (Å²) in [6.45, 7) is 0.687. The third-order valence-corrected chi connectivity index (χ3v) is 4.80. The summed E-state index contributed by atoms with van der Waals surface area (Å²) in [6.07, 6.45) is 1.07. The Morgan fingerprint density at radius 1 is 1.12 bits per heavy atom. The molecule has 1 aliphatic rings. The van der Waals surface area contributed by atoms with Crippen LogP contribution in [-0.4, -0.2) is 58.8 Å². The largest absolute Gasteiger partial charge is 0.480 e. The molecule has 0 aliphatic carbocycles. The molecule has 3 amide bonds. The average molecular weight is 439 g/mol. The molecule has 10 nitrogen and oxygen atoms in total. The minimum atomic E-state index is -1.15. The zero-order valence-corrected chi connectivity index (χ0v) is 17.3.